The summed E-state index contributed by atoms with van der Waals surface area (Å²) < 4.78 is 5.31. The standard InChI is InChI=1S/C25H38O5/c1-16(7-9-18-17(2)15-21(26)30-18)8-10-20-23(3)12-6-13-24(4,22(27)28)19(23)11-14-25(20,5)29/h7,15,18-20,29H,6,8-14H2,1-5H3,(H,27,28)/b16-7+/t18-,19-,20-,23-,24-,25-/m1/s1. The van der Waals surface area contributed by atoms with Crippen molar-refractivity contribution in [2.24, 2.45) is 22.7 Å². The van der Waals surface area contributed by atoms with Gasteiger partial charge in [-0.25, -0.2) is 4.79 Å². The van der Waals surface area contributed by atoms with Crippen molar-refractivity contribution in [3.8, 4) is 0 Å². The van der Waals surface area contributed by atoms with Crippen molar-refractivity contribution in [1.82, 2.24) is 0 Å². The fourth-order valence-corrected chi connectivity index (χ4v) is 6.76. The first-order valence-electron chi connectivity index (χ1n) is 11.4. The Labute approximate surface area is 180 Å². The van der Waals surface area contributed by atoms with Crippen LogP contribution in [0.25, 0.3) is 0 Å². The van der Waals surface area contributed by atoms with E-state index >= 15 is 0 Å². The molecule has 0 bridgehead atoms. The van der Waals surface area contributed by atoms with Gasteiger partial charge in [-0.15, -0.1) is 0 Å². The van der Waals surface area contributed by atoms with Gasteiger partial charge in [-0.1, -0.05) is 25.0 Å². The molecule has 3 rings (SSSR count). The molecular weight excluding hydrogens is 380 g/mol. The van der Waals surface area contributed by atoms with Crippen LogP contribution in [0, 0.1) is 22.7 Å². The van der Waals surface area contributed by atoms with Crippen molar-refractivity contribution >= 4 is 11.9 Å². The molecule has 1 aliphatic heterocycles. The molecule has 0 spiro atoms. The summed E-state index contributed by atoms with van der Waals surface area (Å²) in [4.78, 5) is 23.5. The Hall–Kier alpha value is -1.62. The maximum atomic E-state index is 12.2. The SMILES string of the molecule is CC1=CC(=O)O[C@@H]1C/C=C(\C)CC[C@@H]1[C@]2(C)CCC[C@@](C)(C(=O)O)[C@@H]2CC[C@@]1(C)O. The molecule has 0 amide bonds. The number of cyclic esters (lactones) is 1. The number of carbonyl (C=O) groups excluding carboxylic acids is 1. The van der Waals surface area contributed by atoms with E-state index in [1.54, 1.807) is 6.08 Å². The number of aliphatic carboxylic acids is 1. The molecule has 2 saturated carbocycles. The second-order valence-electron chi connectivity index (χ2n) is 10.7. The normalized spacial score (nSPS) is 41.8. The summed E-state index contributed by atoms with van der Waals surface area (Å²) in [5.74, 6) is -0.794. The summed E-state index contributed by atoms with van der Waals surface area (Å²) in [6.45, 7) is 10.1. The number of hydrogen-bond donors (Lipinski definition) is 2. The third-order valence-electron chi connectivity index (χ3n) is 8.57. The van der Waals surface area contributed by atoms with Crippen molar-refractivity contribution in [2.75, 3.05) is 0 Å². The summed E-state index contributed by atoms with van der Waals surface area (Å²) in [5.41, 5.74) is 0.535. The van der Waals surface area contributed by atoms with Crippen molar-refractivity contribution in [1.29, 1.82) is 0 Å². The molecule has 6 atom stereocenters. The van der Waals surface area contributed by atoms with Crippen LogP contribution in [0.1, 0.15) is 86.0 Å². The lowest BCUT2D eigenvalue weighted by molar-refractivity contribution is -0.190. The van der Waals surface area contributed by atoms with Gasteiger partial charge in [0.05, 0.1) is 11.0 Å². The van der Waals surface area contributed by atoms with E-state index in [1.165, 1.54) is 5.57 Å². The number of ether oxygens (including phenoxy) is 1. The molecule has 30 heavy (non-hydrogen) atoms. The Kier molecular flexibility index (Phi) is 6.26. The number of allylic oxidation sites excluding steroid dienone is 1. The average Bonchev–Trinajstić information content (AvgIpc) is 2.95. The third kappa shape index (κ3) is 4.10. The first kappa shape index (κ1) is 23.1. The zero-order chi connectivity index (χ0) is 22.3. The Bertz CT molecular complexity index is 764. The first-order valence-corrected chi connectivity index (χ1v) is 11.4. The van der Waals surface area contributed by atoms with Crippen LogP contribution in [0.5, 0.6) is 0 Å². The fraction of sp³-hybridized carbons (Fsp3) is 0.760. The summed E-state index contributed by atoms with van der Waals surface area (Å²) >= 11 is 0. The summed E-state index contributed by atoms with van der Waals surface area (Å²) in [7, 11) is 0. The Morgan fingerprint density at radius 3 is 2.57 bits per heavy atom. The van der Waals surface area contributed by atoms with Crippen molar-refractivity contribution in [3.05, 3.63) is 23.3 Å². The van der Waals surface area contributed by atoms with Crippen LogP contribution in [0.15, 0.2) is 23.3 Å². The molecule has 2 N–H and O–H groups in total. The van der Waals surface area contributed by atoms with Crippen LogP contribution in [0.3, 0.4) is 0 Å². The van der Waals surface area contributed by atoms with Gasteiger partial charge < -0.3 is 14.9 Å². The number of fused-ring (bicyclic) bond motifs is 1. The molecule has 2 fully saturated rings. The van der Waals surface area contributed by atoms with E-state index in [0.717, 1.165) is 44.1 Å². The van der Waals surface area contributed by atoms with Gasteiger partial charge in [0.1, 0.15) is 6.10 Å². The van der Waals surface area contributed by atoms with Crippen molar-refractivity contribution in [2.45, 2.75) is 97.7 Å². The molecule has 0 aromatic carbocycles. The smallest absolute Gasteiger partial charge is 0.331 e. The zero-order valence-electron chi connectivity index (χ0n) is 19.2. The molecular formula is C25H38O5. The van der Waals surface area contributed by atoms with E-state index in [0.29, 0.717) is 12.8 Å². The quantitative estimate of drug-likeness (QED) is 0.467. The summed E-state index contributed by atoms with van der Waals surface area (Å²) in [6, 6.07) is 0. The van der Waals surface area contributed by atoms with Gasteiger partial charge in [0, 0.05) is 12.5 Å². The predicted octanol–water partition coefficient (Wildman–Crippen LogP) is 5.03. The highest BCUT2D eigenvalue weighted by molar-refractivity contribution is 5.85. The molecule has 0 aromatic rings. The van der Waals surface area contributed by atoms with Crippen LogP contribution >= 0.6 is 0 Å². The minimum Gasteiger partial charge on any atom is -0.481 e. The predicted molar refractivity (Wildman–Crippen MR) is 116 cm³/mol. The van der Waals surface area contributed by atoms with E-state index in [9.17, 15) is 19.8 Å². The van der Waals surface area contributed by atoms with E-state index in [-0.39, 0.29) is 29.3 Å². The minimum atomic E-state index is -0.775. The van der Waals surface area contributed by atoms with Gasteiger partial charge in [0.25, 0.3) is 0 Å². The molecule has 2 aliphatic carbocycles. The van der Waals surface area contributed by atoms with Crippen LogP contribution in [-0.2, 0) is 14.3 Å². The zero-order valence-corrected chi connectivity index (χ0v) is 19.2. The molecule has 168 valence electrons. The summed E-state index contributed by atoms with van der Waals surface area (Å²) in [6.07, 6.45) is 9.94. The van der Waals surface area contributed by atoms with Crippen LogP contribution < -0.4 is 0 Å². The largest absolute Gasteiger partial charge is 0.481 e. The number of rotatable bonds is 6. The number of esters is 1. The molecule has 0 radical (unpaired) electrons. The number of aliphatic hydroxyl groups is 1. The van der Waals surface area contributed by atoms with Gasteiger partial charge >= 0.3 is 11.9 Å². The maximum absolute atomic E-state index is 12.2. The molecule has 0 aromatic heterocycles. The van der Waals surface area contributed by atoms with Gasteiger partial charge in [-0.3, -0.25) is 4.79 Å². The monoisotopic (exact) mass is 418 g/mol. The molecule has 0 saturated heterocycles. The Morgan fingerprint density at radius 1 is 1.27 bits per heavy atom. The molecule has 3 aliphatic rings. The molecule has 5 heteroatoms. The van der Waals surface area contributed by atoms with Gasteiger partial charge in [-0.05, 0) is 89.0 Å². The molecule has 5 nitrogen and oxygen atoms in total. The van der Waals surface area contributed by atoms with Crippen LogP contribution in [-0.4, -0.2) is 33.9 Å². The summed E-state index contributed by atoms with van der Waals surface area (Å²) in [5, 5.41) is 21.3. The lowest BCUT2D eigenvalue weighted by Gasteiger charge is -2.60. The minimum absolute atomic E-state index is 0.0667. The topological polar surface area (TPSA) is 83.8 Å². The van der Waals surface area contributed by atoms with Crippen molar-refractivity contribution < 1.29 is 24.5 Å². The highest BCUT2D eigenvalue weighted by atomic mass is 16.5. The van der Waals surface area contributed by atoms with Crippen molar-refractivity contribution in [3.63, 3.8) is 0 Å². The molecule has 0 unspecified atom stereocenters. The van der Waals surface area contributed by atoms with E-state index in [2.05, 4.69) is 19.9 Å². The van der Waals surface area contributed by atoms with Gasteiger partial charge in [-0.2, -0.15) is 0 Å². The van der Waals surface area contributed by atoms with E-state index < -0.39 is 17.0 Å². The maximum Gasteiger partial charge on any atom is 0.331 e. The van der Waals surface area contributed by atoms with Crippen LogP contribution in [0.4, 0.5) is 0 Å². The van der Waals surface area contributed by atoms with E-state index in [4.69, 9.17) is 4.74 Å². The second-order valence-corrected chi connectivity index (χ2v) is 10.7. The number of carboxylic acid groups (broad SMARTS) is 1. The first-order chi connectivity index (χ1) is 13.9. The molecule has 1 heterocycles. The highest BCUT2D eigenvalue weighted by Gasteiger charge is 2.61. The Balaban J connectivity index is 1.73. The second kappa shape index (κ2) is 8.14. The van der Waals surface area contributed by atoms with Gasteiger partial charge in [0.2, 0.25) is 0 Å². The van der Waals surface area contributed by atoms with E-state index in [1.807, 2.05) is 20.8 Å². The Morgan fingerprint density at radius 2 is 1.97 bits per heavy atom. The number of hydrogen-bond acceptors (Lipinski definition) is 4. The highest BCUT2D eigenvalue weighted by Crippen LogP contribution is 2.63. The average molecular weight is 419 g/mol. The lowest BCUT2D eigenvalue weighted by atomic mass is 9.44. The van der Waals surface area contributed by atoms with Gasteiger partial charge in [0.15, 0.2) is 0 Å². The van der Waals surface area contributed by atoms with Crippen LogP contribution in [0.2, 0.25) is 0 Å². The lowest BCUT2D eigenvalue weighted by Crippen LogP contribution is -2.59. The number of carboxylic acids is 1. The third-order valence-corrected chi connectivity index (χ3v) is 8.57. The number of carbonyl (C=O) groups is 2. The fourth-order valence-electron chi connectivity index (χ4n) is 6.76.